The van der Waals surface area contributed by atoms with Crippen LogP contribution in [0.25, 0.3) is 0 Å². The van der Waals surface area contributed by atoms with Crippen LogP contribution in [0.1, 0.15) is 0 Å². The quantitative estimate of drug-likeness (QED) is 0.311. The lowest BCUT2D eigenvalue weighted by Crippen LogP contribution is -2.56. The monoisotopic (exact) mass is 404 g/mol. The van der Waals surface area contributed by atoms with Crippen molar-refractivity contribution in [3.8, 4) is 0 Å². The van der Waals surface area contributed by atoms with Crippen molar-refractivity contribution in [2.75, 3.05) is 6.61 Å². The van der Waals surface area contributed by atoms with Crippen LogP contribution in [0.3, 0.4) is 0 Å². The molecule has 108 valence electrons. The lowest BCUT2D eigenvalue weighted by atomic mass is 10.2. The summed E-state index contributed by atoms with van der Waals surface area (Å²) in [5, 5.41) is 0. The van der Waals surface area contributed by atoms with E-state index in [-0.39, 0.29) is 22.6 Å². The van der Waals surface area contributed by atoms with Crippen LogP contribution >= 0.6 is 22.6 Å². The fourth-order valence-corrected chi connectivity index (χ4v) is 0.883. The van der Waals surface area contributed by atoms with Crippen LogP contribution in [0.4, 0.5) is 39.5 Å². The zero-order chi connectivity index (χ0) is 15.0. The van der Waals surface area contributed by atoms with Gasteiger partial charge in [-0.1, -0.05) is 0 Å². The Hall–Kier alpha value is -0.430. The molecule has 0 aliphatic heterocycles. The smallest absolute Gasteiger partial charge is 0.422 e. The summed E-state index contributed by atoms with van der Waals surface area (Å²) in [4.78, 5) is 10.3. The van der Waals surface area contributed by atoms with Crippen LogP contribution < -0.4 is 0 Å². The van der Waals surface area contributed by atoms with E-state index >= 15 is 0 Å². The van der Waals surface area contributed by atoms with Crippen molar-refractivity contribution in [1.82, 2.24) is 0 Å². The molecule has 12 heteroatoms. The standard InChI is InChI=1S/C6H2F9IO2/c7-3(8,9)1-18-2(17)4(10,11)5(12,13)6(14,15)16/h1H2. The molecule has 0 rings (SSSR count). The molecule has 0 saturated heterocycles. The Morgan fingerprint density at radius 1 is 0.944 bits per heavy atom. The maximum atomic E-state index is 12.6. The van der Waals surface area contributed by atoms with Gasteiger partial charge in [0.2, 0.25) is 0 Å². The Morgan fingerprint density at radius 2 is 1.33 bits per heavy atom. The molecule has 2 nitrogen and oxygen atoms in total. The Balaban J connectivity index is 4.99. The molecule has 0 aromatic carbocycles. The van der Waals surface area contributed by atoms with Crippen LogP contribution in [0.5, 0.6) is 0 Å². The lowest BCUT2D eigenvalue weighted by Gasteiger charge is -2.27. The summed E-state index contributed by atoms with van der Waals surface area (Å²) in [6, 6.07) is 0. The SMILES string of the molecule is O=C(OCC(F)(F)F)C(F)(F)C(F)(F)C(F)(F)I. The zero-order valence-corrected chi connectivity index (χ0v) is 9.96. The van der Waals surface area contributed by atoms with Gasteiger partial charge in [-0.15, -0.1) is 0 Å². The van der Waals surface area contributed by atoms with Crippen molar-refractivity contribution in [3.05, 3.63) is 0 Å². The number of rotatable bonds is 4. The zero-order valence-electron chi connectivity index (χ0n) is 7.80. The highest BCUT2D eigenvalue weighted by Crippen LogP contribution is 2.49. The van der Waals surface area contributed by atoms with E-state index < -0.39 is 34.5 Å². The lowest BCUT2D eigenvalue weighted by molar-refractivity contribution is -0.276. The van der Waals surface area contributed by atoms with Gasteiger partial charge in [-0.3, -0.25) is 0 Å². The van der Waals surface area contributed by atoms with E-state index in [9.17, 15) is 44.3 Å². The van der Waals surface area contributed by atoms with Gasteiger partial charge in [0.05, 0.1) is 0 Å². The number of hydrogen-bond acceptors (Lipinski definition) is 2. The molecule has 0 amide bonds. The fraction of sp³-hybridized carbons (Fsp3) is 0.833. The third kappa shape index (κ3) is 3.78. The van der Waals surface area contributed by atoms with Crippen molar-refractivity contribution in [2.24, 2.45) is 0 Å². The van der Waals surface area contributed by atoms with E-state index in [1.807, 2.05) is 0 Å². The molecule has 0 radical (unpaired) electrons. The number of ether oxygens (including phenoxy) is 1. The predicted molar refractivity (Wildman–Crippen MR) is 45.9 cm³/mol. The summed E-state index contributed by atoms with van der Waals surface area (Å²) in [6.07, 6.45) is -5.26. The van der Waals surface area contributed by atoms with Crippen molar-refractivity contribution in [1.29, 1.82) is 0 Å². The Labute approximate surface area is 107 Å². The summed E-state index contributed by atoms with van der Waals surface area (Å²) >= 11 is -0.371. The van der Waals surface area contributed by atoms with Crippen LogP contribution in [0, 0.1) is 0 Å². The topological polar surface area (TPSA) is 26.3 Å². The van der Waals surface area contributed by atoms with Gasteiger partial charge in [-0.2, -0.15) is 39.5 Å². The fourth-order valence-electron chi connectivity index (χ4n) is 0.544. The first-order chi connectivity index (χ1) is 7.63. The first-order valence-corrected chi connectivity index (χ1v) is 4.77. The normalized spacial score (nSPS) is 14.6. The predicted octanol–water partition coefficient (Wildman–Crippen LogP) is 3.39. The van der Waals surface area contributed by atoms with E-state index in [1.165, 1.54) is 0 Å². The number of alkyl halides is 10. The highest BCUT2D eigenvalue weighted by molar-refractivity contribution is 14.1. The minimum absolute atomic E-state index is 0.371. The molecule has 0 fully saturated rings. The third-order valence-electron chi connectivity index (χ3n) is 1.37. The average Bonchev–Trinajstić information content (AvgIpc) is 2.10. The van der Waals surface area contributed by atoms with E-state index in [0.717, 1.165) is 0 Å². The van der Waals surface area contributed by atoms with Gasteiger partial charge in [-0.25, -0.2) is 4.79 Å². The summed E-state index contributed by atoms with van der Waals surface area (Å²) in [5.74, 6) is -15.7. The maximum Gasteiger partial charge on any atom is 0.422 e. The largest absolute Gasteiger partial charge is 0.451 e. The third-order valence-corrected chi connectivity index (χ3v) is 2.05. The molecule has 0 aliphatic carbocycles. The number of esters is 1. The summed E-state index contributed by atoms with van der Waals surface area (Å²) in [6.45, 7) is -2.59. The Bertz CT molecular complexity index is 318. The highest BCUT2D eigenvalue weighted by atomic mass is 127. The van der Waals surface area contributed by atoms with Gasteiger partial charge >= 0.3 is 27.9 Å². The molecule has 0 N–H and O–H groups in total. The van der Waals surface area contributed by atoms with Crippen molar-refractivity contribution in [2.45, 2.75) is 22.0 Å². The van der Waals surface area contributed by atoms with Crippen LogP contribution in [-0.4, -0.2) is 34.5 Å². The second-order valence-corrected chi connectivity index (χ2v) is 4.19. The van der Waals surface area contributed by atoms with Crippen molar-refractivity contribution >= 4 is 28.6 Å². The molecule has 0 aliphatic rings. The molecular weight excluding hydrogens is 402 g/mol. The maximum absolute atomic E-state index is 12.6. The molecule has 0 heterocycles. The van der Waals surface area contributed by atoms with Crippen molar-refractivity contribution in [3.63, 3.8) is 0 Å². The molecule has 0 spiro atoms. The van der Waals surface area contributed by atoms with E-state index in [0.29, 0.717) is 0 Å². The van der Waals surface area contributed by atoms with Gasteiger partial charge in [0.1, 0.15) is 0 Å². The van der Waals surface area contributed by atoms with Crippen LogP contribution in [0.2, 0.25) is 0 Å². The van der Waals surface area contributed by atoms with E-state index in [1.54, 1.807) is 0 Å². The second-order valence-electron chi connectivity index (χ2n) is 2.84. The highest BCUT2D eigenvalue weighted by Gasteiger charge is 2.75. The number of carbonyl (C=O) groups is 1. The Kier molecular flexibility index (Phi) is 4.80. The minimum atomic E-state index is -6.19. The van der Waals surface area contributed by atoms with Crippen LogP contribution in [-0.2, 0) is 9.53 Å². The van der Waals surface area contributed by atoms with Gasteiger partial charge in [0.25, 0.3) is 0 Å². The molecule has 0 bridgehead atoms. The van der Waals surface area contributed by atoms with Gasteiger partial charge in [0, 0.05) is 22.6 Å². The molecule has 0 saturated carbocycles. The summed E-state index contributed by atoms with van der Waals surface area (Å²) < 4.78 is 106. The minimum Gasteiger partial charge on any atom is -0.451 e. The number of halogens is 10. The average molecular weight is 404 g/mol. The van der Waals surface area contributed by atoms with Gasteiger partial charge < -0.3 is 4.74 Å². The van der Waals surface area contributed by atoms with Crippen molar-refractivity contribution < 1.29 is 49.0 Å². The molecule has 0 unspecified atom stereocenters. The molecule has 0 aromatic rings. The molecular formula is C6H2F9IO2. The van der Waals surface area contributed by atoms with E-state index in [4.69, 9.17) is 0 Å². The molecule has 18 heavy (non-hydrogen) atoms. The molecule has 0 atom stereocenters. The number of carbonyl (C=O) groups excluding carboxylic acids is 1. The summed E-state index contributed by atoms with van der Waals surface area (Å²) in [7, 11) is 0. The Morgan fingerprint density at radius 3 is 1.61 bits per heavy atom. The van der Waals surface area contributed by atoms with E-state index in [2.05, 4.69) is 4.74 Å². The second kappa shape index (κ2) is 4.92. The van der Waals surface area contributed by atoms with Crippen LogP contribution in [0.15, 0.2) is 0 Å². The first kappa shape index (κ1) is 17.6. The van der Waals surface area contributed by atoms with Gasteiger partial charge in [0.15, 0.2) is 6.61 Å². The van der Waals surface area contributed by atoms with Gasteiger partial charge in [-0.05, 0) is 0 Å². The molecule has 0 aromatic heterocycles. The first-order valence-electron chi connectivity index (χ1n) is 3.69. The summed E-state index contributed by atoms with van der Waals surface area (Å²) in [5.41, 5.74) is 0. The number of hydrogen-bond donors (Lipinski definition) is 0.